The van der Waals surface area contributed by atoms with E-state index in [4.69, 9.17) is 10.3 Å². The molecule has 2 N–H and O–H groups in total. The van der Waals surface area contributed by atoms with E-state index in [0.717, 1.165) is 36.9 Å². The molecule has 0 spiro atoms. The Bertz CT molecular complexity index is 643. The summed E-state index contributed by atoms with van der Waals surface area (Å²) in [5.41, 5.74) is 7.81. The number of amides is 1. The first kappa shape index (κ1) is 15.7. The molecule has 3 heterocycles. The number of piperidine rings is 1. The molecule has 21 heavy (non-hydrogen) atoms. The van der Waals surface area contributed by atoms with Gasteiger partial charge >= 0.3 is 0 Å². The van der Waals surface area contributed by atoms with Gasteiger partial charge in [0, 0.05) is 25.3 Å². The number of halogens is 1. The number of hydrogen-bond acceptors (Lipinski definition) is 5. The topological polar surface area (TPSA) is 85.2 Å². The largest absolute Gasteiger partial charge is 0.337 e. The maximum absolute atomic E-state index is 12.5. The highest BCUT2D eigenvalue weighted by Crippen LogP contribution is 2.20. The van der Waals surface area contributed by atoms with Gasteiger partial charge in [0.2, 0.25) is 0 Å². The van der Waals surface area contributed by atoms with Crippen molar-refractivity contribution in [1.82, 2.24) is 15.0 Å². The lowest BCUT2D eigenvalue weighted by Gasteiger charge is -2.30. The summed E-state index contributed by atoms with van der Waals surface area (Å²) in [6, 6.07) is 1.89. The lowest BCUT2D eigenvalue weighted by molar-refractivity contribution is 0.0708. The molecule has 1 unspecified atom stereocenters. The first-order valence-electron chi connectivity index (χ1n) is 6.98. The fourth-order valence-electron chi connectivity index (χ4n) is 2.63. The second kappa shape index (κ2) is 6.41. The Morgan fingerprint density at radius 3 is 3.10 bits per heavy atom. The van der Waals surface area contributed by atoms with Crippen LogP contribution in [0.1, 0.15) is 35.8 Å². The maximum atomic E-state index is 12.5. The van der Waals surface area contributed by atoms with Crippen LogP contribution in [0.3, 0.4) is 0 Å². The molecule has 0 saturated carbocycles. The van der Waals surface area contributed by atoms with Gasteiger partial charge in [-0.25, -0.2) is 4.98 Å². The van der Waals surface area contributed by atoms with Crippen molar-refractivity contribution in [3.63, 3.8) is 0 Å². The molecular weight excluding hydrogens is 292 g/mol. The van der Waals surface area contributed by atoms with Gasteiger partial charge in [0.05, 0.1) is 16.6 Å². The standard InChI is InChI=1S/C14H18N4O2.ClH/c1-2-12-11-6-9(7-16-13(11)20-17-12)14(19)18-5-3-4-10(15)8-18;/h6-7,10H,2-5,8,15H2,1H3;1H. The number of nitrogens with zero attached hydrogens (tertiary/aromatic N) is 3. The maximum Gasteiger partial charge on any atom is 0.257 e. The van der Waals surface area contributed by atoms with E-state index in [9.17, 15) is 4.79 Å². The van der Waals surface area contributed by atoms with Gasteiger partial charge in [0.15, 0.2) is 0 Å². The molecule has 0 aliphatic carbocycles. The van der Waals surface area contributed by atoms with Gasteiger partial charge in [0.25, 0.3) is 11.6 Å². The Balaban J connectivity index is 0.00000161. The molecular formula is C14H19ClN4O2. The molecule has 0 radical (unpaired) electrons. The van der Waals surface area contributed by atoms with Crippen LogP contribution in [0.5, 0.6) is 0 Å². The highest BCUT2D eigenvalue weighted by molar-refractivity contribution is 5.97. The summed E-state index contributed by atoms with van der Waals surface area (Å²) in [6.07, 6.45) is 4.24. The zero-order valence-corrected chi connectivity index (χ0v) is 12.7. The number of aryl methyl sites for hydroxylation is 1. The molecule has 2 aromatic rings. The number of carbonyl (C=O) groups is 1. The average molecular weight is 311 g/mol. The van der Waals surface area contributed by atoms with Crippen LogP contribution in [-0.2, 0) is 6.42 Å². The van der Waals surface area contributed by atoms with E-state index in [0.29, 0.717) is 17.8 Å². The van der Waals surface area contributed by atoms with Crippen LogP contribution in [0.4, 0.5) is 0 Å². The SMILES string of the molecule is CCc1noc2ncc(C(=O)N3CCCC(N)C3)cc12.Cl. The number of nitrogens with two attached hydrogens (primary N) is 1. The molecule has 114 valence electrons. The van der Waals surface area contributed by atoms with Crippen molar-refractivity contribution >= 4 is 29.4 Å². The number of fused-ring (bicyclic) bond motifs is 1. The zero-order valence-electron chi connectivity index (χ0n) is 11.9. The summed E-state index contributed by atoms with van der Waals surface area (Å²) in [5.74, 6) is -0.0159. The Hall–Kier alpha value is -1.66. The summed E-state index contributed by atoms with van der Waals surface area (Å²) in [6.45, 7) is 3.37. The first-order valence-corrected chi connectivity index (χ1v) is 6.98. The molecule has 0 aromatic carbocycles. The monoisotopic (exact) mass is 310 g/mol. The molecule has 2 aromatic heterocycles. The zero-order chi connectivity index (χ0) is 14.1. The van der Waals surface area contributed by atoms with Crippen LogP contribution in [0.2, 0.25) is 0 Å². The minimum atomic E-state index is -0.0159. The fraction of sp³-hybridized carbons (Fsp3) is 0.500. The van der Waals surface area contributed by atoms with E-state index < -0.39 is 0 Å². The molecule has 7 heteroatoms. The summed E-state index contributed by atoms with van der Waals surface area (Å²) < 4.78 is 5.13. The van der Waals surface area contributed by atoms with E-state index in [2.05, 4.69) is 10.1 Å². The highest BCUT2D eigenvalue weighted by atomic mass is 35.5. The van der Waals surface area contributed by atoms with Crippen LogP contribution in [0, 0.1) is 0 Å². The van der Waals surface area contributed by atoms with E-state index in [1.54, 1.807) is 11.1 Å². The lowest BCUT2D eigenvalue weighted by atomic mass is 10.1. The van der Waals surface area contributed by atoms with Gasteiger partial charge in [-0.1, -0.05) is 12.1 Å². The van der Waals surface area contributed by atoms with Crippen molar-refractivity contribution in [2.24, 2.45) is 5.73 Å². The third-order valence-corrected chi connectivity index (χ3v) is 3.73. The number of rotatable bonds is 2. The molecule has 1 fully saturated rings. The molecule has 3 rings (SSSR count). The summed E-state index contributed by atoms with van der Waals surface area (Å²) >= 11 is 0. The Morgan fingerprint density at radius 1 is 1.57 bits per heavy atom. The Labute approximate surface area is 129 Å². The van der Waals surface area contributed by atoms with Crippen molar-refractivity contribution in [2.45, 2.75) is 32.2 Å². The Morgan fingerprint density at radius 2 is 2.38 bits per heavy atom. The average Bonchev–Trinajstić information content (AvgIpc) is 2.88. The number of pyridine rings is 1. The second-order valence-electron chi connectivity index (χ2n) is 5.21. The minimum Gasteiger partial charge on any atom is -0.337 e. The van der Waals surface area contributed by atoms with Crippen LogP contribution in [0.15, 0.2) is 16.8 Å². The third kappa shape index (κ3) is 3.01. The molecule has 0 bridgehead atoms. The van der Waals surface area contributed by atoms with Crippen LogP contribution < -0.4 is 5.73 Å². The van der Waals surface area contributed by atoms with Crippen LogP contribution in [0.25, 0.3) is 11.1 Å². The van der Waals surface area contributed by atoms with Crippen molar-refractivity contribution in [3.05, 3.63) is 23.5 Å². The lowest BCUT2D eigenvalue weighted by Crippen LogP contribution is -2.45. The molecule has 1 aliphatic heterocycles. The predicted molar refractivity (Wildman–Crippen MR) is 81.5 cm³/mol. The van der Waals surface area contributed by atoms with Gasteiger partial charge in [-0.15, -0.1) is 12.4 Å². The highest BCUT2D eigenvalue weighted by Gasteiger charge is 2.23. The Kier molecular flexibility index (Phi) is 4.80. The van der Waals surface area contributed by atoms with Crippen molar-refractivity contribution < 1.29 is 9.32 Å². The first-order chi connectivity index (χ1) is 9.69. The van der Waals surface area contributed by atoms with Gasteiger partial charge in [-0.3, -0.25) is 4.79 Å². The van der Waals surface area contributed by atoms with E-state index in [1.807, 2.05) is 13.0 Å². The smallest absolute Gasteiger partial charge is 0.257 e. The van der Waals surface area contributed by atoms with Gasteiger partial charge in [-0.05, 0) is 25.3 Å². The number of aromatic nitrogens is 2. The van der Waals surface area contributed by atoms with Gasteiger partial charge in [0.1, 0.15) is 0 Å². The fourth-order valence-corrected chi connectivity index (χ4v) is 2.63. The number of likely N-dealkylation sites (tertiary alicyclic amines) is 1. The summed E-state index contributed by atoms with van der Waals surface area (Å²) in [5, 5.41) is 4.78. The molecule has 1 amide bonds. The molecule has 1 atom stereocenters. The van der Waals surface area contributed by atoms with Crippen LogP contribution in [-0.4, -0.2) is 40.1 Å². The van der Waals surface area contributed by atoms with Gasteiger partial charge in [-0.2, -0.15) is 0 Å². The summed E-state index contributed by atoms with van der Waals surface area (Å²) in [4.78, 5) is 18.5. The normalized spacial score (nSPS) is 18.6. The molecule has 6 nitrogen and oxygen atoms in total. The molecule has 1 aliphatic rings. The van der Waals surface area contributed by atoms with Crippen molar-refractivity contribution in [3.8, 4) is 0 Å². The van der Waals surface area contributed by atoms with Crippen LogP contribution >= 0.6 is 12.4 Å². The predicted octanol–water partition coefficient (Wildman–Crippen LogP) is 1.77. The third-order valence-electron chi connectivity index (χ3n) is 3.73. The number of carbonyl (C=O) groups excluding carboxylic acids is 1. The van der Waals surface area contributed by atoms with Crippen molar-refractivity contribution in [2.75, 3.05) is 13.1 Å². The minimum absolute atomic E-state index is 0. The summed E-state index contributed by atoms with van der Waals surface area (Å²) in [7, 11) is 0. The molecule has 1 saturated heterocycles. The number of hydrogen-bond donors (Lipinski definition) is 1. The van der Waals surface area contributed by atoms with Gasteiger partial charge < -0.3 is 15.2 Å². The van der Waals surface area contributed by atoms with E-state index in [-0.39, 0.29) is 24.4 Å². The van der Waals surface area contributed by atoms with Crippen molar-refractivity contribution in [1.29, 1.82) is 0 Å². The van der Waals surface area contributed by atoms with E-state index >= 15 is 0 Å². The quantitative estimate of drug-likeness (QED) is 0.913. The van der Waals surface area contributed by atoms with E-state index in [1.165, 1.54) is 0 Å². The second-order valence-corrected chi connectivity index (χ2v) is 5.21.